The highest BCUT2D eigenvalue weighted by Crippen LogP contribution is 2.04. The number of amides is 1. The van der Waals surface area contributed by atoms with Crippen LogP contribution in [-0.4, -0.2) is 31.2 Å². The number of methoxy groups -OCH3 is 1. The zero-order valence-electron chi connectivity index (χ0n) is 8.20. The summed E-state index contributed by atoms with van der Waals surface area (Å²) in [6.45, 7) is 0.711. The number of halogens is 1. The Kier molecular flexibility index (Phi) is 5.03. The quantitative estimate of drug-likeness (QED) is 0.467. The molecule has 0 aliphatic carbocycles. The monoisotopic (exact) mass is 230 g/mol. The Balaban J connectivity index is 2.37. The van der Waals surface area contributed by atoms with Crippen LogP contribution in [0.1, 0.15) is 10.4 Å². The molecule has 1 rings (SSSR count). The molecule has 0 radical (unpaired) electrons. The molecule has 0 saturated heterocycles. The number of carbonyl (C=O) groups is 1. The minimum Gasteiger partial charge on any atom is -0.382 e. The molecular formula is C9H11ClN2O3. The molecular weight excluding hydrogens is 220 g/mol. The van der Waals surface area contributed by atoms with Gasteiger partial charge in [0.25, 0.3) is 5.91 Å². The minimum atomic E-state index is -0.365. The lowest BCUT2D eigenvalue weighted by Gasteiger charge is -2.04. The predicted molar refractivity (Wildman–Crippen MR) is 54.5 cm³/mol. The second-order valence-electron chi connectivity index (χ2n) is 2.64. The molecule has 1 aromatic heterocycles. The van der Waals surface area contributed by atoms with Gasteiger partial charge in [-0.25, -0.2) is 10.5 Å². The van der Waals surface area contributed by atoms with Crippen LogP contribution in [0.5, 0.6) is 0 Å². The van der Waals surface area contributed by atoms with E-state index in [2.05, 4.69) is 10.5 Å². The fraction of sp³-hybridized carbons (Fsp3) is 0.333. The van der Waals surface area contributed by atoms with Crippen molar-refractivity contribution in [3.8, 4) is 0 Å². The molecule has 0 saturated carbocycles. The number of carbonyl (C=O) groups excluding carboxylic acids is 1. The summed E-state index contributed by atoms with van der Waals surface area (Å²) in [7, 11) is 1.55. The maximum absolute atomic E-state index is 11.4. The van der Waals surface area contributed by atoms with Crippen LogP contribution in [0.2, 0.25) is 5.15 Å². The normalized spacial score (nSPS) is 10.0. The van der Waals surface area contributed by atoms with E-state index >= 15 is 0 Å². The Labute approximate surface area is 92.3 Å². The summed E-state index contributed by atoms with van der Waals surface area (Å²) in [5.74, 6) is -0.365. The third kappa shape index (κ3) is 4.24. The van der Waals surface area contributed by atoms with E-state index in [-0.39, 0.29) is 5.91 Å². The second kappa shape index (κ2) is 6.34. The standard InChI is InChI=1S/C9H11ClN2O3/c1-14-4-5-15-12-9(13)7-2-3-8(10)11-6-7/h2-3,6H,4-5H2,1H3,(H,12,13). The highest BCUT2D eigenvalue weighted by atomic mass is 35.5. The van der Waals surface area contributed by atoms with E-state index in [1.165, 1.54) is 12.3 Å². The molecule has 0 fully saturated rings. The van der Waals surface area contributed by atoms with Crippen LogP contribution < -0.4 is 5.48 Å². The Morgan fingerprint density at radius 2 is 2.33 bits per heavy atom. The Morgan fingerprint density at radius 3 is 2.93 bits per heavy atom. The Hall–Kier alpha value is -1.17. The molecule has 0 aromatic carbocycles. The molecule has 0 unspecified atom stereocenters. The van der Waals surface area contributed by atoms with Crippen LogP contribution in [0, 0.1) is 0 Å². The topological polar surface area (TPSA) is 60.5 Å². The Morgan fingerprint density at radius 1 is 1.53 bits per heavy atom. The molecule has 1 N–H and O–H groups in total. The van der Waals surface area contributed by atoms with Gasteiger partial charge in [-0.15, -0.1) is 0 Å². The maximum atomic E-state index is 11.4. The van der Waals surface area contributed by atoms with Crippen molar-refractivity contribution in [2.75, 3.05) is 20.3 Å². The number of aromatic nitrogens is 1. The fourth-order valence-corrected chi connectivity index (χ4v) is 0.922. The number of hydroxylamine groups is 1. The van der Waals surface area contributed by atoms with Gasteiger partial charge in [-0.1, -0.05) is 11.6 Å². The van der Waals surface area contributed by atoms with Crippen molar-refractivity contribution in [1.82, 2.24) is 10.5 Å². The van der Waals surface area contributed by atoms with Gasteiger partial charge in [-0.3, -0.25) is 9.63 Å². The van der Waals surface area contributed by atoms with E-state index in [9.17, 15) is 4.79 Å². The third-order valence-electron chi connectivity index (χ3n) is 1.54. The number of ether oxygens (including phenoxy) is 1. The summed E-state index contributed by atoms with van der Waals surface area (Å²) < 4.78 is 4.74. The van der Waals surface area contributed by atoms with E-state index in [1.54, 1.807) is 13.2 Å². The van der Waals surface area contributed by atoms with Gasteiger partial charge >= 0.3 is 0 Å². The summed E-state index contributed by atoms with van der Waals surface area (Å²) in [5, 5.41) is 0.340. The van der Waals surface area contributed by atoms with Crippen LogP contribution in [0.25, 0.3) is 0 Å². The van der Waals surface area contributed by atoms with Gasteiger partial charge in [0, 0.05) is 13.3 Å². The van der Waals surface area contributed by atoms with E-state index in [4.69, 9.17) is 21.2 Å². The summed E-state index contributed by atoms with van der Waals surface area (Å²) in [6, 6.07) is 3.09. The van der Waals surface area contributed by atoms with Gasteiger partial charge in [-0.05, 0) is 12.1 Å². The minimum absolute atomic E-state index is 0.295. The van der Waals surface area contributed by atoms with Crippen LogP contribution >= 0.6 is 11.6 Å². The van der Waals surface area contributed by atoms with Crippen molar-refractivity contribution in [3.63, 3.8) is 0 Å². The van der Waals surface area contributed by atoms with Crippen LogP contribution in [0.4, 0.5) is 0 Å². The molecule has 1 heterocycles. The molecule has 0 aliphatic heterocycles. The zero-order valence-corrected chi connectivity index (χ0v) is 8.95. The largest absolute Gasteiger partial charge is 0.382 e. The lowest BCUT2D eigenvalue weighted by molar-refractivity contribution is 0.00886. The molecule has 6 heteroatoms. The molecule has 0 spiro atoms. The number of hydrogen-bond donors (Lipinski definition) is 1. The van der Waals surface area contributed by atoms with Crippen LogP contribution in [0.3, 0.4) is 0 Å². The molecule has 1 amide bonds. The van der Waals surface area contributed by atoms with Crippen molar-refractivity contribution in [2.24, 2.45) is 0 Å². The van der Waals surface area contributed by atoms with E-state index in [0.29, 0.717) is 23.9 Å². The summed E-state index contributed by atoms with van der Waals surface area (Å²) in [4.78, 5) is 20.0. The van der Waals surface area contributed by atoms with E-state index < -0.39 is 0 Å². The fourth-order valence-electron chi connectivity index (χ4n) is 0.811. The van der Waals surface area contributed by atoms with Crippen LogP contribution in [-0.2, 0) is 9.57 Å². The highest BCUT2D eigenvalue weighted by Gasteiger charge is 2.04. The summed E-state index contributed by atoms with van der Waals surface area (Å²) in [5.41, 5.74) is 2.64. The lowest BCUT2D eigenvalue weighted by Crippen LogP contribution is -2.25. The zero-order chi connectivity index (χ0) is 11.1. The second-order valence-corrected chi connectivity index (χ2v) is 3.03. The first-order chi connectivity index (χ1) is 7.24. The molecule has 1 aromatic rings. The van der Waals surface area contributed by atoms with Crippen LogP contribution in [0.15, 0.2) is 18.3 Å². The predicted octanol–water partition coefficient (Wildman–Crippen LogP) is 1.04. The molecule has 0 bridgehead atoms. The SMILES string of the molecule is COCCONC(=O)c1ccc(Cl)nc1. The van der Waals surface area contributed by atoms with Gasteiger partial charge in [-0.2, -0.15) is 0 Å². The number of pyridine rings is 1. The van der Waals surface area contributed by atoms with Gasteiger partial charge in [0.2, 0.25) is 0 Å². The number of rotatable bonds is 5. The van der Waals surface area contributed by atoms with Crippen molar-refractivity contribution in [2.45, 2.75) is 0 Å². The van der Waals surface area contributed by atoms with Crippen molar-refractivity contribution in [1.29, 1.82) is 0 Å². The van der Waals surface area contributed by atoms with Gasteiger partial charge in [0.1, 0.15) is 5.15 Å². The number of nitrogens with one attached hydrogen (secondary N) is 1. The summed E-state index contributed by atoms with van der Waals surface area (Å²) in [6.07, 6.45) is 1.37. The molecule has 0 aliphatic rings. The van der Waals surface area contributed by atoms with Gasteiger partial charge < -0.3 is 4.74 Å². The Bertz CT molecular complexity index is 316. The smallest absolute Gasteiger partial charge is 0.276 e. The highest BCUT2D eigenvalue weighted by molar-refractivity contribution is 6.29. The lowest BCUT2D eigenvalue weighted by atomic mass is 10.3. The number of hydrogen-bond acceptors (Lipinski definition) is 4. The van der Waals surface area contributed by atoms with Crippen molar-refractivity contribution < 1.29 is 14.4 Å². The average Bonchev–Trinajstić information content (AvgIpc) is 2.25. The van der Waals surface area contributed by atoms with Crippen molar-refractivity contribution in [3.05, 3.63) is 29.0 Å². The third-order valence-corrected chi connectivity index (χ3v) is 1.77. The van der Waals surface area contributed by atoms with Crippen molar-refractivity contribution >= 4 is 17.5 Å². The van der Waals surface area contributed by atoms with E-state index in [0.717, 1.165) is 0 Å². The first-order valence-electron chi connectivity index (χ1n) is 4.26. The molecule has 82 valence electrons. The molecule has 5 nitrogen and oxygen atoms in total. The van der Waals surface area contributed by atoms with E-state index in [1.807, 2.05) is 0 Å². The first kappa shape index (κ1) is 11.9. The van der Waals surface area contributed by atoms with Gasteiger partial charge in [0.15, 0.2) is 0 Å². The summed E-state index contributed by atoms with van der Waals surface area (Å²) >= 11 is 5.57. The molecule has 15 heavy (non-hydrogen) atoms. The maximum Gasteiger partial charge on any atom is 0.276 e. The average molecular weight is 231 g/mol. The molecule has 0 atom stereocenters. The van der Waals surface area contributed by atoms with Gasteiger partial charge in [0.05, 0.1) is 18.8 Å². The first-order valence-corrected chi connectivity index (χ1v) is 4.64. The number of nitrogens with zero attached hydrogens (tertiary/aromatic N) is 1.